The minimum atomic E-state index is -0.412. The summed E-state index contributed by atoms with van der Waals surface area (Å²) in [7, 11) is 0. The molecule has 0 spiro atoms. The van der Waals surface area contributed by atoms with Crippen LogP contribution in [0.3, 0.4) is 0 Å². The highest BCUT2D eigenvalue weighted by molar-refractivity contribution is 5.83. The summed E-state index contributed by atoms with van der Waals surface area (Å²) < 4.78 is 15.6. The molecule has 3 aromatic rings. The molecule has 1 saturated carbocycles. The molecule has 1 aromatic carbocycles. The van der Waals surface area contributed by atoms with Crippen LogP contribution in [0.25, 0.3) is 22.4 Å². The maximum absolute atomic E-state index is 13.5. The zero-order chi connectivity index (χ0) is 20.0. The van der Waals surface area contributed by atoms with E-state index in [9.17, 15) is 9.18 Å². The molecule has 1 amide bonds. The molecule has 1 aliphatic heterocycles. The van der Waals surface area contributed by atoms with Crippen molar-refractivity contribution >= 4 is 5.91 Å². The van der Waals surface area contributed by atoms with Crippen LogP contribution in [0.1, 0.15) is 24.2 Å². The van der Waals surface area contributed by atoms with Crippen molar-refractivity contribution in [2.45, 2.75) is 38.4 Å². The van der Waals surface area contributed by atoms with Crippen LogP contribution < -0.4 is 5.73 Å². The number of nitrogens with zero attached hydrogens (tertiary/aromatic N) is 4. The summed E-state index contributed by atoms with van der Waals surface area (Å²) in [6.07, 6.45) is 4.31. The first-order chi connectivity index (χ1) is 14.1. The maximum atomic E-state index is 13.5. The predicted molar refractivity (Wildman–Crippen MR) is 107 cm³/mol. The molecule has 0 saturated heterocycles. The van der Waals surface area contributed by atoms with Crippen LogP contribution in [-0.2, 0) is 24.3 Å². The van der Waals surface area contributed by atoms with E-state index in [1.165, 1.54) is 25.0 Å². The van der Waals surface area contributed by atoms with E-state index in [0.717, 1.165) is 47.7 Å². The van der Waals surface area contributed by atoms with Gasteiger partial charge in [-0.15, -0.1) is 0 Å². The zero-order valence-electron chi connectivity index (χ0n) is 16.0. The Hall–Kier alpha value is -3.06. The first-order valence-electron chi connectivity index (χ1n) is 9.92. The zero-order valence-corrected chi connectivity index (χ0v) is 16.0. The smallest absolute Gasteiger partial charge is 0.223 e. The van der Waals surface area contributed by atoms with Gasteiger partial charge in [-0.2, -0.15) is 5.10 Å². The molecule has 2 aromatic heterocycles. The third-order valence-electron chi connectivity index (χ3n) is 5.65. The van der Waals surface area contributed by atoms with Gasteiger partial charge in [0.05, 0.1) is 24.4 Å². The largest absolute Gasteiger partial charge is 0.369 e. The van der Waals surface area contributed by atoms with E-state index in [1.807, 2.05) is 12.1 Å². The lowest BCUT2D eigenvalue weighted by molar-refractivity contribution is -0.117. The van der Waals surface area contributed by atoms with Gasteiger partial charge in [-0.25, -0.2) is 4.39 Å². The number of primary amides is 1. The molecule has 0 unspecified atom stereocenters. The number of fused-ring (bicyclic) bond motifs is 1. The number of amides is 1. The molecule has 1 fully saturated rings. The summed E-state index contributed by atoms with van der Waals surface area (Å²) in [6.45, 7) is 2.66. The Bertz CT molecular complexity index is 1070. The lowest BCUT2D eigenvalue weighted by atomic mass is 9.98. The van der Waals surface area contributed by atoms with E-state index in [1.54, 1.807) is 18.3 Å². The van der Waals surface area contributed by atoms with Crippen molar-refractivity contribution in [1.29, 1.82) is 0 Å². The van der Waals surface area contributed by atoms with Gasteiger partial charge in [0.25, 0.3) is 0 Å². The molecule has 29 heavy (non-hydrogen) atoms. The highest BCUT2D eigenvalue weighted by Gasteiger charge is 2.34. The molecule has 5 rings (SSSR count). The van der Waals surface area contributed by atoms with Crippen molar-refractivity contribution in [1.82, 2.24) is 19.7 Å². The first-order valence-corrected chi connectivity index (χ1v) is 9.92. The summed E-state index contributed by atoms with van der Waals surface area (Å²) >= 11 is 0. The number of carbonyl (C=O) groups is 1. The van der Waals surface area contributed by atoms with Crippen LogP contribution in [0.4, 0.5) is 4.39 Å². The number of carbonyl (C=O) groups excluding carboxylic acids is 1. The average Bonchev–Trinajstić information content (AvgIpc) is 3.48. The SMILES string of the molecule is NC(=O)Cc1cc(-c2c(-c3ccc(F)cc3)nn3c2CN(C2CC2)CC3)ccn1. The van der Waals surface area contributed by atoms with E-state index in [0.29, 0.717) is 11.7 Å². The van der Waals surface area contributed by atoms with Gasteiger partial charge < -0.3 is 5.73 Å². The molecule has 6 nitrogen and oxygen atoms in total. The standard InChI is InChI=1S/C22H22FN5O/c23-16-3-1-14(2-4-16)22-21(15-7-8-25-17(11-15)12-20(24)29)19-13-27(18-5-6-18)9-10-28(19)26-22/h1-4,7-8,11,18H,5-6,9-10,12-13H2,(H2,24,29). The summed E-state index contributed by atoms with van der Waals surface area (Å²) in [4.78, 5) is 18.2. The van der Waals surface area contributed by atoms with Crippen LogP contribution in [0.15, 0.2) is 42.6 Å². The lowest BCUT2D eigenvalue weighted by Gasteiger charge is -2.28. The Morgan fingerprint density at radius 1 is 1.14 bits per heavy atom. The molecule has 2 aliphatic rings. The van der Waals surface area contributed by atoms with Crippen molar-refractivity contribution in [3.05, 3.63) is 59.8 Å². The van der Waals surface area contributed by atoms with Gasteiger partial charge in [-0.05, 0) is 54.8 Å². The van der Waals surface area contributed by atoms with Crippen LogP contribution in [0.5, 0.6) is 0 Å². The molecular formula is C22H22FN5O. The molecule has 0 bridgehead atoms. The molecule has 148 valence electrons. The topological polar surface area (TPSA) is 77.0 Å². The van der Waals surface area contributed by atoms with Gasteiger partial charge in [-0.3, -0.25) is 19.4 Å². The summed E-state index contributed by atoms with van der Waals surface area (Å²) in [5, 5.41) is 4.89. The highest BCUT2D eigenvalue weighted by atomic mass is 19.1. The highest BCUT2D eigenvalue weighted by Crippen LogP contribution is 2.39. The van der Waals surface area contributed by atoms with Crippen molar-refractivity contribution in [3.63, 3.8) is 0 Å². The second-order valence-corrected chi connectivity index (χ2v) is 7.78. The monoisotopic (exact) mass is 391 g/mol. The van der Waals surface area contributed by atoms with Crippen LogP contribution in [0, 0.1) is 5.82 Å². The number of rotatable bonds is 5. The number of hydrogen-bond acceptors (Lipinski definition) is 4. The number of nitrogens with two attached hydrogens (primary N) is 1. The second-order valence-electron chi connectivity index (χ2n) is 7.78. The fourth-order valence-electron chi connectivity index (χ4n) is 4.11. The number of aromatic nitrogens is 3. The van der Waals surface area contributed by atoms with Gasteiger partial charge in [-0.1, -0.05) is 0 Å². The van der Waals surface area contributed by atoms with Gasteiger partial charge in [0.15, 0.2) is 0 Å². The molecule has 0 radical (unpaired) electrons. The Morgan fingerprint density at radius 3 is 2.66 bits per heavy atom. The lowest BCUT2D eigenvalue weighted by Crippen LogP contribution is -2.35. The summed E-state index contributed by atoms with van der Waals surface area (Å²) in [5.74, 6) is -0.683. The summed E-state index contributed by atoms with van der Waals surface area (Å²) in [5.41, 5.74) is 10.8. The third-order valence-corrected chi connectivity index (χ3v) is 5.65. The van der Waals surface area contributed by atoms with Gasteiger partial charge in [0, 0.05) is 36.5 Å². The number of pyridine rings is 1. The quantitative estimate of drug-likeness (QED) is 0.726. The maximum Gasteiger partial charge on any atom is 0.223 e. The number of benzene rings is 1. The van der Waals surface area contributed by atoms with Gasteiger partial charge >= 0.3 is 0 Å². The van der Waals surface area contributed by atoms with Crippen LogP contribution >= 0.6 is 0 Å². The Labute approximate surface area is 168 Å². The Balaban J connectivity index is 1.64. The number of hydrogen-bond donors (Lipinski definition) is 1. The minimum Gasteiger partial charge on any atom is -0.369 e. The minimum absolute atomic E-state index is 0.0946. The molecule has 2 N–H and O–H groups in total. The number of halogens is 1. The fraction of sp³-hybridized carbons (Fsp3) is 0.318. The third kappa shape index (κ3) is 3.53. The van der Waals surface area contributed by atoms with Gasteiger partial charge in [0.2, 0.25) is 5.91 Å². The predicted octanol–water partition coefficient (Wildman–Crippen LogP) is 2.76. The van der Waals surface area contributed by atoms with Crippen molar-refractivity contribution in [2.24, 2.45) is 5.73 Å². The normalized spacial score (nSPS) is 16.6. The van der Waals surface area contributed by atoms with Gasteiger partial charge in [0.1, 0.15) is 11.5 Å². The van der Waals surface area contributed by atoms with E-state index in [-0.39, 0.29) is 12.2 Å². The summed E-state index contributed by atoms with van der Waals surface area (Å²) in [6, 6.07) is 11.0. The average molecular weight is 391 g/mol. The van der Waals surface area contributed by atoms with Crippen molar-refractivity contribution in [2.75, 3.05) is 6.54 Å². The first kappa shape index (κ1) is 18.0. The van der Waals surface area contributed by atoms with E-state index >= 15 is 0 Å². The molecule has 3 heterocycles. The second kappa shape index (κ2) is 7.08. The molecule has 7 heteroatoms. The van der Waals surface area contributed by atoms with E-state index in [4.69, 9.17) is 10.8 Å². The Kier molecular flexibility index (Phi) is 4.39. The van der Waals surface area contributed by atoms with Crippen LogP contribution in [0.2, 0.25) is 0 Å². The molecule has 0 atom stereocenters. The fourth-order valence-corrected chi connectivity index (χ4v) is 4.11. The molecule has 1 aliphatic carbocycles. The molecular weight excluding hydrogens is 369 g/mol. The van der Waals surface area contributed by atoms with E-state index < -0.39 is 5.91 Å². The van der Waals surface area contributed by atoms with Crippen molar-refractivity contribution < 1.29 is 9.18 Å². The van der Waals surface area contributed by atoms with E-state index in [2.05, 4.69) is 14.6 Å². The van der Waals surface area contributed by atoms with Crippen molar-refractivity contribution in [3.8, 4) is 22.4 Å². The van der Waals surface area contributed by atoms with Crippen LogP contribution in [-0.4, -0.2) is 38.2 Å². The Morgan fingerprint density at radius 2 is 1.93 bits per heavy atom.